The van der Waals surface area contributed by atoms with Crippen LogP contribution in [-0.4, -0.2) is 11.7 Å². The minimum Gasteiger partial charge on any atom is -0.507 e. The highest BCUT2D eigenvalue weighted by molar-refractivity contribution is 9.10. The third kappa shape index (κ3) is 1.91. The highest BCUT2D eigenvalue weighted by atomic mass is 79.9. The van der Waals surface area contributed by atoms with Crippen molar-refractivity contribution in [2.75, 3.05) is 6.54 Å². The van der Waals surface area contributed by atoms with Crippen LogP contribution in [0.25, 0.3) is 0 Å². The van der Waals surface area contributed by atoms with Gasteiger partial charge in [-0.2, -0.15) is 0 Å². The molecule has 1 aromatic rings. The van der Waals surface area contributed by atoms with Crippen molar-refractivity contribution in [2.24, 2.45) is 5.73 Å². The number of nitrogens with two attached hydrogens (primary N) is 1. The van der Waals surface area contributed by atoms with Crippen molar-refractivity contribution in [3.8, 4) is 5.75 Å². The van der Waals surface area contributed by atoms with Gasteiger partial charge in [0, 0.05) is 0 Å². The Morgan fingerprint density at radius 3 is 2.60 bits per heavy atom. The van der Waals surface area contributed by atoms with Gasteiger partial charge in [0.25, 0.3) is 0 Å². The molecule has 0 amide bonds. The molecule has 1 aromatic carbocycles. The summed E-state index contributed by atoms with van der Waals surface area (Å²) >= 11 is 3.36. The molecule has 0 heterocycles. The van der Waals surface area contributed by atoms with E-state index in [9.17, 15) is 5.11 Å². The molecule has 1 aliphatic rings. The molecule has 0 aliphatic heterocycles. The van der Waals surface area contributed by atoms with Crippen LogP contribution in [0.4, 0.5) is 0 Å². The first-order valence-corrected chi connectivity index (χ1v) is 6.16. The fourth-order valence-corrected chi connectivity index (χ4v) is 2.78. The summed E-state index contributed by atoms with van der Waals surface area (Å²) in [5, 5.41) is 9.46. The van der Waals surface area contributed by atoms with Crippen molar-refractivity contribution in [1.82, 2.24) is 0 Å². The molecule has 1 aliphatic carbocycles. The van der Waals surface area contributed by atoms with E-state index in [4.69, 9.17) is 5.73 Å². The van der Waals surface area contributed by atoms with Gasteiger partial charge in [0.05, 0.1) is 4.47 Å². The average Bonchev–Trinajstić information content (AvgIpc) is 2.16. The first-order valence-electron chi connectivity index (χ1n) is 5.37. The van der Waals surface area contributed by atoms with Gasteiger partial charge >= 0.3 is 0 Å². The fraction of sp³-hybridized carbons (Fsp3) is 0.500. The second-order valence-corrected chi connectivity index (χ2v) is 5.19. The van der Waals surface area contributed by atoms with Gasteiger partial charge < -0.3 is 10.8 Å². The monoisotopic (exact) mass is 269 g/mol. The van der Waals surface area contributed by atoms with Crippen molar-refractivity contribution in [3.05, 3.63) is 28.2 Å². The fourth-order valence-electron chi connectivity index (χ4n) is 2.40. The molecule has 0 unspecified atom stereocenters. The summed E-state index contributed by atoms with van der Waals surface area (Å²) in [4.78, 5) is 0. The zero-order valence-electron chi connectivity index (χ0n) is 8.67. The number of phenols is 1. The molecule has 3 heteroatoms. The minimum atomic E-state index is 0.283. The largest absolute Gasteiger partial charge is 0.507 e. The van der Waals surface area contributed by atoms with Crippen molar-refractivity contribution in [2.45, 2.75) is 31.1 Å². The molecular formula is C12H16BrNO. The Balaban J connectivity index is 2.30. The van der Waals surface area contributed by atoms with Gasteiger partial charge in [-0.15, -0.1) is 0 Å². The summed E-state index contributed by atoms with van der Waals surface area (Å²) in [5.41, 5.74) is 7.26. The Morgan fingerprint density at radius 2 is 2.13 bits per heavy atom. The van der Waals surface area contributed by atoms with E-state index in [0.29, 0.717) is 5.75 Å². The first-order chi connectivity index (χ1) is 7.18. The summed E-state index contributed by atoms with van der Waals surface area (Å²) in [6, 6.07) is 5.81. The van der Waals surface area contributed by atoms with Crippen LogP contribution < -0.4 is 5.73 Å². The van der Waals surface area contributed by atoms with E-state index < -0.39 is 0 Å². The summed E-state index contributed by atoms with van der Waals surface area (Å²) in [7, 11) is 0. The minimum absolute atomic E-state index is 0.283. The number of aromatic hydroxyl groups is 1. The Hall–Kier alpha value is -0.540. The predicted molar refractivity (Wildman–Crippen MR) is 65.0 cm³/mol. The zero-order valence-corrected chi connectivity index (χ0v) is 10.3. The molecular weight excluding hydrogens is 254 g/mol. The Kier molecular flexibility index (Phi) is 3.03. The number of hydrogen-bond donors (Lipinski definition) is 2. The second-order valence-electron chi connectivity index (χ2n) is 4.34. The van der Waals surface area contributed by atoms with Crippen LogP contribution in [0.3, 0.4) is 0 Å². The van der Waals surface area contributed by atoms with E-state index in [1.54, 1.807) is 6.07 Å². The molecule has 3 N–H and O–H groups in total. The lowest BCUT2D eigenvalue weighted by atomic mass is 9.62. The number of benzene rings is 1. The van der Waals surface area contributed by atoms with E-state index in [1.807, 2.05) is 12.1 Å². The maximum atomic E-state index is 9.46. The molecule has 0 atom stereocenters. The quantitative estimate of drug-likeness (QED) is 0.887. The van der Waals surface area contributed by atoms with Gasteiger partial charge in [-0.3, -0.25) is 0 Å². The normalized spacial score (nSPS) is 18.5. The van der Waals surface area contributed by atoms with Crippen molar-refractivity contribution in [1.29, 1.82) is 0 Å². The number of phenolic OH excluding ortho intramolecular Hbond substituents is 1. The molecule has 82 valence electrons. The van der Waals surface area contributed by atoms with Crippen molar-refractivity contribution < 1.29 is 5.11 Å². The lowest BCUT2D eigenvalue weighted by Crippen LogP contribution is -2.36. The SMILES string of the molecule is NCCC1(c2ccc(O)c(Br)c2)CCC1. The Morgan fingerprint density at radius 1 is 1.40 bits per heavy atom. The second kappa shape index (κ2) is 4.14. The van der Waals surface area contributed by atoms with Crippen LogP contribution in [0.1, 0.15) is 31.2 Å². The van der Waals surface area contributed by atoms with Crippen LogP contribution in [-0.2, 0) is 5.41 Å². The summed E-state index contributed by atoms with van der Waals surface area (Å²) in [6.07, 6.45) is 4.78. The summed E-state index contributed by atoms with van der Waals surface area (Å²) in [6.45, 7) is 0.735. The topological polar surface area (TPSA) is 46.2 Å². The van der Waals surface area contributed by atoms with E-state index in [-0.39, 0.29) is 5.41 Å². The molecule has 0 saturated heterocycles. The highest BCUT2D eigenvalue weighted by Crippen LogP contribution is 2.47. The first kappa shape index (κ1) is 11.0. The third-order valence-corrected chi connectivity index (χ3v) is 4.13. The van der Waals surface area contributed by atoms with Gasteiger partial charge in [-0.25, -0.2) is 0 Å². The van der Waals surface area contributed by atoms with E-state index in [1.165, 1.54) is 24.8 Å². The lowest BCUT2D eigenvalue weighted by molar-refractivity contribution is 0.229. The van der Waals surface area contributed by atoms with E-state index in [0.717, 1.165) is 17.4 Å². The molecule has 0 bridgehead atoms. The molecule has 0 spiro atoms. The predicted octanol–water partition coefficient (Wildman–Crippen LogP) is 2.93. The molecule has 15 heavy (non-hydrogen) atoms. The maximum Gasteiger partial charge on any atom is 0.129 e. The summed E-state index contributed by atoms with van der Waals surface area (Å²) in [5.74, 6) is 0.306. The maximum absolute atomic E-state index is 9.46. The van der Waals surface area contributed by atoms with Crippen LogP contribution in [0, 0.1) is 0 Å². The zero-order chi connectivity index (χ0) is 10.9. The standard InChI is InChI=1S/C12H16BrNO/c13-10-8-9(2-3-11(10)15)12(6-7-14)4-1-5-12/h2-3,8,15H,1,4-7,14H2. The molecule has 1 fully saturated rings. The van der Waals surface area contributed by atoms with Gasteiger partial charge in [0.2, 0.25) is 0 Å². The highest BCUT2D eigenvalue weighted by Gasteiger charge is 2.37. The molecule has 0 radical (unpaired) electrons. The van der Waals surface area contributed by atoms with Gasteiger partial charge in [0.1, 0.15) is 5.75 Å². The van der Waals surface area contributed by atoms with E-state index in [2.05, 4.69) is 15.9 Å². The molecule has 0 aromatic heterocycles. The van der Waals surface area contributed by atoms with Gasteiger partial charge in [0.15, 0.2) is 0 Å². The number of rotatable bonds is 3. The number of halogens is 1. The summed E-state index contributed by atoms with van der Waals surface area (Å²) < 4.78 is 0.781. The van der Waals surface area contributed by atoms with E-state index >= 15 is 0 Å². The van der Waals surface area contributed by atoms with Crippen molar-refractivity contribution >= 4 is 15.9 Å². The van der Waals surface area contributed by atoms with Crippen LogP contribution in [0.15, 0.2) is 22.7 Å². The lowest BCUT2D eigenvalue weighted by Gasteiger charge is -2.42. The third-order valence-electron chi connectivity index (χ3n) is 3.49. The van der Waals surface area contributed by atoms with Gasteiger partial charge in [-0.1, -0.05) is 12.5 Å². The molecule has 1 saturated carbocycles. The van der Waals surface area contributed by atoms with Crippen LogP contribution in [0.2, 0.25) is 0 Å². The molecule has 2 nitrogen and oxygen atoms in total. The average molecular weight is 270 g/mol. The Bertz CT molecular complexity index is 361. The molecule has 2 rings (SSSR count). The van der Waals surface area contributed by atoms with Crippen LogP contribution in [0.5, 0.6) is 5.75 Å². The Labute approximate surface area is 98.6 Å². The smallest absolute Gasteiger partial charge is 0.129 e. The number of hydrogen-bond acceptors (Lipinski definition) is 2. The van der Waals surface area contributed by atoms with Gasteiger partial charge in [-0.05, 0) is 64.8 Å². The van der Waals surface area contributed by atoms with Crippen molar-refractivity contribution in [3.63, 3.8) is 0 Å². The van der Waals surface area contributed by atoms with Crippen LogP contribution >= 0.6 is 15.9 Å².